The molecule has 384 valence electrons. The molecule has 0 N–H and O–H groups in total. The fourth-order valence-corrected chi connectivity index (χ4v) is 13.5. The normalized spacial score (nSPS) is 15.2. The van der Waals surface area contributed by atoms with Gasteiger partial charge < -0.3 is 22.2 Å². The highest BCUT2D eigenvalue weighted by Gasteiger charge is 2.54. The van der Waals surface area contributed by atoms with E-state index in [-0.39, 0.29) is 5.41 Å². The molecule has 8 aromatic rings. The maximum atomic E-state index is 17.2. The average Bonchev–Trinajstić information content (AvgIpc) is 4.12. The van der Waals surface area contributed by atoms with Crippen LogP contribution in [-0.2, 0) is 18.4 Å². The van der Waals surface area contributed by atoms with Crippen LogP contribution in [0.1, 0.15) is 206 Å². The van der Waals surface area contributed by atoms with Crippen LogP contribution in [0, 0.1) is 5.92 Å². The number of rotatable bonds is 26. The maximum Gasteiger partial charge on any atom is 0.737 e. The van der Waals surface area contributed by atoms with Crippen molar-refractivity contribution in [3.05, 3.63) is 125 Å². The topological polar surface area (TPSA) is 12.9 Å². The molecule has 0 bridgehead atoms. The Balaban J connectivity index is 1.15. The zero-order valence-electron chi connectivity index (χ0n) is 45.8. The van der Waals surface area contributed by atoms with E-state index in [1.807, 2.05) is 38.1 Å². The van der Waals surface area contributed by atoms with Crippen molar-refractivity contribution in [3.63, 3.8) is 0 Å². The van der Waals surface area contributed by atoms with Crippen molar-refractivity contribution in [2.45, 2.75) is 202 Å². The van der Waals surface area contributed by atoms with Gasteiger partial charge in [-0.05, 0) is 98.8 Å². The van der Waals surface area contributed by atoms with E-state index >= 15 is 8.63 Å². The summed E-state index contributed by atoms with van der Waals surface area (Å²) in [5.41, 5.74) is 11.0. The number of aromatic nitrogens is 2. The van der Waals surface area contributed by atoms with Gasteiger partial charge in [0.15, 0.2) is 5.70 Å². The number of fused-ring (bicyclic) bond motifs is 3. The molecule has 73 heavy (non-hydrogen) atoms. The van der Waals surface area contributed by atoms with Crippen molar-refractivity contribution in [3.8, 4) is 11.1 Å². The second-order valence-corrected chi connectivity index (χ2v) is 23.5. The minimum Gasteiger partial charge on any atom is -0.393 e. The molecule has 1 unspecified atom stereocenters. The van der Waals surface area contributed by atoms with E-state index in [0.717, 1.165) is 23.1 Å². The van der Waals surface area contributed by atoms with Gasteiger partial charge in [0, 0.05) is 57.9 Å². The highest BCUT2D eigenvalue weighted by Crippen LogP contribution is 2.52. The van der Waals surface area contributed by atoms with Crippen LogP contribution in [0.3, 0.4) is 0 Å². The summed E-state index contributed by atoms with van der Waals surface area (Å²) in [5.74, 6) is 0.529. The number of allylic oxidation sites excluding steroid dienone is 2. The largest absolute Gasteiger partial charge is 0.737 e. The van der Waals surface area contributed by atoms with Gasteiger partial charge in [0.1, 0.15) is 5.71 Å². The van der Waals surface area contributed by atoms with Crippen LogP contribution in [0.2, 0.25) is 0 Å². The minimum absolute atomic E-state index is 0.0583. The Morgan fingerprint density at radius 3 is 1.56 bits per heavy atom. The fraction of sp³-hybridized carbons (Fsp3) is 0.478. The number of hydrogen-bond donors (Lipinski definition) is 0. The molecule has 4 heterocycles. The molecule has 6 heteroatoms. The lowest BCUT2D eigenvalue weighted by atomic mass is 9.82. The second-order valence-electron chi connectivity index (χ2n) is 23.5. The zero-order valence-corrected chi connectivity index (χ0v) is 45.8. The molecule has 0 radical (unpaired) electrons. The SMILES string of the molecule is CCCCCCCCCCCCC(CCCCCCCCCC)Cn1c2cc(C3=C4C=CC(CC)=[N+]4[B-](F)(F)n4c(CC)ccc43)c3cccc4c5cccc6c(-c7ccc(C(C)(C)C)cc7)cc1c(c65)c2c34. The van der Waals surface area contributed by atoms with Gasteiger partial charge in [-0.1, -0.05) is 225 Å². The molecule has 1 atom stereocenters. The molecule has 2 aliphatic heterocycles. The standard InChI is InChI=1S/C67H84BF2N3/c1-8-12-14-16-18-20-21-23-25-27-31-47(30-26-24-22-19-17-15-13-9-2)46-71-60-44-56(48-36-38-49(39-37-48)67(5,6)7)54-34-28-32-52-53-33-29-35-55-57(45-61(71)66(63(53)55)65(60)62(52)54)64-58-42-40-50(10-3)72(58)68(69,70)73-51(11-4)41-43-59(64)73/h28-29,32-45,47H,8-27,30-31,46H2,1-7H3. The summed E-state index contributed by atoms with van der Waals surface area (Å²) in [7, 11) is 0. The van der Waals surface area contributed by atoms with Gasteiger partial charge in [-0.3, -0.25) is 0 Å². The lowest BCUT2D eigenvalue weighted by molar-refractivity contribution is -0.362. The summed E-state index contributed by atoms with van der Waals surface area (Å²) in [6, 6.07) is 32.0. The maximum absolute atomic E-state index is 17.2. The van der Waals surface area contributed by atoms with E-state index < -0.39 is 6.97 Å². The third-order valence-corrected chi connectivity index (χ3v) is 17.5. The van der Waals surface area contributed by atoms with Crippen molar-refractivity contribution in [2.75, 3.05) is 0 Å². The van der Waals surface area contributed by atoms with Crippen molar-refractivity contribution in [1.82, 2.24) is 9.05 Å². The molecule has 3 nitrogen and oxygen atoms in total. The Bertz CT molecular complexity index is 3280. The monoisotopic (exact) mass is 980 g/mol. The fourth-order valence-electron chi connectivity index (χ4n) is 13.5. The Labute approximate surface area is 436 Å². The van der Waals surface area contributed by atoms with Crippen LogP contribution >= 0.6 is 0 Å². The summed E-state index contributed by atoms with van der Waals surface area (Å²) in [6.07, 6.45) is 31.5. The smallest absolute Gasteiger partial charge is 0.393 e. The van der Waals surface area contributed by atoms with E-state index in [2.05, 4.69) is 112 Å². The lowest BCUT2D eigenvalue weighted by Crippen LogP contribution is -2.51. The van der Waals surface area contributed by atoms with Crippen molar-refractivity contribution < 1.29 is 13.1 Å². The molecule has 0 saturated heterocycles. The number of hydrogen-bond acceptors (Lipinski definition) is 0. The van der Waals surface area contributed by atoms with Crippen molar-refractivity contribution in [1.29, 1.82) is 0 Å². The summed E-state index contributed by atoms with van der Waals surface area (Å²) < 4.78 is 40.0. The number of nitrogens with zero attached hydrogens (tertiary/aromatic N) is 3. The van der Waals surface area contributed by atoms with E-state index in [1.54, 1.807) is 0 Å². The van der Waals surface area contributed by atoms with Gasteiger partial charge in [-0.15, -0.1) is 0 Å². The quantitative estimate of drug-likeness (QED) is 0.0222. The molecule has 0 amide bonds. The van der Waals surface area contributed by atoms with E-state index in [1.165, 1.54) is 203 Å². The van der Waals surface area contributed by atoms with E-state index in [9.17, 15) is 0 Å². The molecule has 2 aromatic heterocycles. The van der Waals surface area contributed by atoms with Gasteiger partial charge in [-0.25, -0.2) is 0 Å². The molecule has 10 rings (SSSR count). The van der Waals surface area contributed by atoms with Crippen LogP contribution in [0.4, 0.5) is 8.63 Å². The molecule has 6 aromatic carbocycles. The van der Waals surface area contributed by atoms with Gasteiger partial charge in [0.05, 0.1) is 16.6 Å². The molecule has 2 aliphatic rings. The van der Waals surface area contributed by atoms with Crippen LogP contribution in [0.15, 0.2) is 103 Å². The number of unbranched alkanes of at least 4 members (excludes halogenated alkanes) is 16. The summed E-state index contributed by atoms with van der Waals surface area (Å²) in [5, 5.41) is 10.2. The zero-order chi connectivity index (χ0) is 50.9. The van der Waals surface area contributed by atoms with Gasteiger partial charge in [0.25, 0.3) is 0 Å². The van der Waals surface area contributed by atoms with Crippen molar-refractivity contribution >= 4 is 72.4 Å². The van der Waals surface area contributed by atoms with E-state index in [4.69, 9.17) is 0 Å². The Kier molecular flexibility index (Phi) is 15.4. The van der Waals surface area contributed by atoms with Gasteiger partial charge in [0.2, 0.25) is 0 Å². The molecule has 0 spiro atoms. The van der Waals surface area contributed by atoms with Gasteiger partial charge in [-0.2, -0.15) is 0 Å². The highest BCUT2D eigenvalue weighted by molar-refractivity contribution is 6.58. The molecular formula is C67H84BF2N3. The van der Waals surface area contributed by atoms with Crippen LogP contribution in [-0.4, -0.2) is 26.2 Å². The lowest BCUT2D eigenvalue weighted by Gasteiger charge is -2.34. The van der Waals surface area contributed by atoms with Crippen LogP contribution < -0.4 is 0 Å². The Morgan fingerprint density at radius 1 is 0.534 bits per heavy atom. The predicted molar refractivity (Wildman–Crippen MR) is 314 cm³/mol. The first-order valence-corrected chi connectivity index (χ1v) is 29.4. The molecular weight excluding hydrogens is 896 g/mol. The summed E-state index contributed by atoms with van der Waals surface area (Å²) in [4.78, 5) is 0. The summed E-state index contributed by atoms with van der Waals surface area (Å²) >= 11 is 0. The van der Waals surface area contributed by atoms with Crippen molar-refractivity contribution in [2.24, 2.45) is 5.92 Å². The first kappa shape index (κ1) is 51.3. The third kappa shape index (κ3) is 9.61. The highest BCUT2D eigenvalue weighted by atomic mass is 19.2. The Hall–Kier alpha value is -5.23. The average molecular weight is 980 g/mol. The molecule has 0 fully saturated rings. The third-order valence-electron chi connectivity index (χ3n) is 17.5. The number of benzene rings is 6. The van der Waals surface area contributed by atoms with Gasteiger partial charge >= 0.3 is 6.97 Å². The van der Waals surface area contributed by atoms with Crippen LogP contribution in [0.25, 0.3) is 70.8 Å². The number of halogens is 2. The first-order valence-electron chi connectivity index (χ1n) is 29.4. The molecule has 0 saturated carbocycles. The minimum atomic E-state index is -4.09. The predicted octanol–water partition coefficient (Wildman–Crippen LogP) is 20.3. The second kappa shape index (κ2) is 21.9. The molecule has 0 aliphatic carbocycles. The Morgan fingerprint density at radius 2 is 1.04 bits per heavy atom. The van der Waals surface area contributed by atoms with E-state index in [0.29, 0.717) is 41.6 Å². The first-order chi connectivity index (χ1) is 35.5. The van der Waals surface area contributed by atoms with Crippen LogP contribution in [0.5, 0.6) is 0 Å². The summed E-state index contributed by atoms with van der Waals surface area (Å²) in [6.45, 7) is 12.4. The number of aryl methyl sites for hydroxylation is 1.